The van der Waals surface area contributed by atoms with E-state index in [0.29, 0.717) is 5.92 Å². The Morgan fingerprint density at radius 2 is 1.90 bits per heavy atom. The smallest absolute Gasteiger partial charge is 0.103 e. The Labute approximate surface area is 122 Å². The van der Waals surface area contributed by atoms with Crippen LogP contribution < -0.4 is 4.90 Å². The molecule has 4 heteroatoms. The lowest BCUT2D eigenvalue weighted by atomic mass is 10.1. The van der Waals surface area contributed by atoms with E-state index in [2.05, 4.69) is 34.7 Å². The summed E-state index contributed by atoms with van der Waals surface area (Å²) < 4.78 is 0. The molecule has 1 fully saturated rings. The SMILES string of the molecule is Cc1cc(N2CCN(CC(C)C)CC2)c(C#N)c(C)n1. The van der Waals surface area contributed by atoms with Crippen LogP contribution in [0.4, 0.5) is 5.69 Å². The number of hydrogen-bond acceptors (Lipinski definition) is 4. The average Bonchev–Trinajstić information content (AvgIpc) is 2.38. The lowest BCUT2D eigenvalue weighted by Gasteiger charge is -2.37. The second-order valence-electron chi connectivity index (χ2n) is 6.04. The maximum atomic E-state index is 9.36. The molecule has 0 amide bonds. The molecular formula is C16H24N4. The van der Waals surface area contributed by atoms with Gasteiger partial charge >= 0.3 is 0 Å². The molecule has 0 atom stereocenters. The van der Waals surface area contributed by atoms with Crippen LogP contribution in [0.1, 0.15) is 30.8 Å². The highest BCUT2D eigenvalue weighted by Gasteiger charge is 2.21. The first kappa shape index (κ1) is 14.8. The fraction of sp³-hybridized carbons (Fsp3) is 0.625. The maximum absolute atomic E-state index is 9.36. The Hall–Kier alpha value is -1.60. The fourth-order valence-electron chi connectivity index (χ4n) is 2.88. The van der Waals surface area contributed by atoms with Crippen LogP contribution in [0, 0.1) is 31.1 Å². The van der Waals surface area contributed by atoms with Crippen LogP contribution >= 0.6 is 0 Å². The second-order valence-corrected chi connectivity index (χ2v) is 6.04. The van der Waals surface area contributed by atoms with Crippen LogP contribution in [0.15, 0.2) is 6.07 Å². The minimum atomic E-state index is 0.710. The zero-order valence-corrected chi connectivity index (χ0v) is 13.0. The van der Waals surface area contributed by atoms with Crippen molar-refractivity contribution in [2.45, 2.75) is 27.7 Å². The van der Waals surface area contributed by atoms with Crippen LogP contribution in [0.25, 0.3) is 0 Å². The van der Waals surface area contributed by atoms with Crippen molar-refractivity contribution in [3.63, 3.8) is 0 Å². The number of nitrogens with zero attached hydrogens (tertiary/aromatic N) is 4. The van der Waals surface area contributed by atoms with Gasteiger partial charge in [0.1, 0.15) is 6.07 Å². The first-order valence-corrected chi connectivity index (χ1v) is 7.37. The van der Waals surface area contributed by atoms with Crippen molar-refractivity contribution in [1.82, 2.24) is 9.88 Å². The summed E-state index contributed by atoms with van der Waals surface area (Å²) in [4.78, 5) is 9.23. The van der Waals surface area contributed by atoms with Crippen molar-refractivity contribution in [2.24, 2.45) is 5.92 Å². The van der Waals surface area contributed by atoms with Crippen molar-refractivity contribution in [3.05, 3.63) is 23.0 Å². The van der Waals surface area contributed by atoms with Crippen LogP contribution in [-0.4, -0.2) is 42.6 Å². The first-order valence-electron chi connectivity index (χ1n) is 7.37. The Morgan fingerprint density at radius 3 is 2.45 bits per heavy atom. The molecule has 1 aliphatic heterocycles. The van der Waals surface area contributed by atoms with Gasteiger partial charge in [-0.2, -0.15) is 5.26 Å². The summed E-state index contributed by atoms with van der Waals surface area (Å²) in [7, 11) is 0. The van der Waals surface area contributed by atoms with E-state index >= 15 is 0 Å². The van der Waals surface area contributed by atoms with Crippen molar-refractivity contribution in [1.29, 1.82) is 5.26 Å². The number of aryl methyl sites for hydroxylation is 2. The largest absolute Gasteiger partial charge is 0.368 e. The summed E-state index contributed by atoms with van der Waals surface area (Å²) in [5.74, 6) is 0.710. The van der Waals surface area contributed by atoms with Crippen LogP contribution in [-0.2, 0) is 0 Å². The summed E-state index contributed by atoms with van der Waals surface area (Å²) in [5, 5.41) is 9.36. The third-order valence-electron chi connectivity index (χ3n) is 3.76. The second kappa shape index (κ2) is 6.23. The molecule has 108 valence electrons. The predicted molar refractivity (Wildman–Crippen MR) is 81.9 cm³/mol. The number of rotatable bonds is 3. The molecular weight excluding hydrogens is 248 g/mol. The van der Waals surface area contributed by atoms with Gasteiger partial charge in [-0.3, -0.25) is 9.88 Å². The quantitative estimate of drug-likeness (QED) is 0.847. The van der Waals surface area contributed by atoms with Gasteiger partial charge in [-0.25, -0.2) is 0 Å². The van der Waals surface area contributed by atoms with E-state index in [4.69, 9.17) is 0 Å². The van der Waals surface area contributed by atoms with Crippen molar-refractivity contribution < 1.29 is 0 Å². The average molecular weight is 272 g/mol. The van der Waals surface area contributed by atoms with Crippen LogP contribution in [0.3, 0.4) is 0 Å². The van der Waals surface area contributed by atoms with Crippen molar-refractivity contribution >= 4 is 5.69 Å². The third kappa shape index (κ3) is 3.29. The molecule has 1 saturated heterocycles. The van der Waals surface area contributed by atoms with Crippen LogP contribution in [0.5, 0.6) is 0 Å². The van der Waals surface area contributed by atoms with E-state index in [1.54, 1.807) is 0 Å². The van der Waals surface area contributed by atoms with Gasteiger partial charge in [-0.1, -0.05) is 13.8 Å². The molecule has 0 N–H and O–H groups in total. The molecule has 0 aromatic carbocycles. The minimum Gasteiger partial charge on any atom is -0.368 e. The third-order valence-corrected chi connectivity index (χ3v) is 3.76. The molecule has 1 aromatic rings. The van der Waals surface area contributed by atoms with Gasteiger partial charge < -0.3 is 4.90 Å². The number of nitriles is 1. The molecule has 0 unspecified atom stereocenters. The summed E-state index contributed by atoms with van der Waals surface area (Å²) >= 11 is 0. The number of anilines is 1. The number of pyridine rings is 1. The van der Waals surface area contributed by atoms with Crippen molar-refractivity contribution in [3.8, 4) is 6.07 Å². The van der Waals surface area contributed by atoms with Gasteiger partial charge in [0.05, 0.1) is 16.9 Å². The molecule has 0 saturated carbocycles. The van der Waals surface area contributed by atoms with Gasteiger partial charge in [0, 0.05) is 38.4 Å². The normalized spacial score (nSPS) is 16.5. The summed E-state index contributed by atoms with van der Waals surface area (Å²) in [5.41, 5.74) is 3.61. The summed E-state index contributed by atoms with van der Waals surface area (Å²) in [6, 6.07) is 4.36. The molecule has 2 rings (SSSR count). The molecule has 0 bridgehead atoms. The highest BCUT2D eigenvalue weighted by Crippen LogP contribution is 2.24. The van der Waals surface area contributed by atoms with Gasteiger partial charge in [0.15, 0.2) is 0 Å². The van der Waals surface area contributed by atoms with Gasteiger partial charge in [-0.05, 0) is 25.8 Å². The van der Waals surface area contributed by atoms with Gasteiger partial charge in [-0.15, -0.1) is 0 Å². The zero-order valence-electron chi connectivity index (χ0n) is 13.0. The Kier molecular flexibility index (Phi) is 4.61. The topological polar surface area (TPSA) is 43.2 Å². The molecule has 2 heterocycles. The molecule has 1 aliphatic rings. The summed E-state index contributed by atoms with van der Waals surface area (Å²) in [6.45, 7) is 13.7. The standard InChI is InChI=1S/C16H24N4/c1-12(2)11-19-5-7-20(8-6-19)16-9-13(3)18-14(4)15(16)10-17/h9,12H,5-8,11H2,1-4H3. The van der Waals surface area contributed by atoms with E-state index in [1.807, 2.05) is 19.9 Å². The number of aromatic nitrogens is 1. The van der Waals surface area contributed by atoms with Gasteiger partial charge in [0.2, 0.25) is 0 Å². The molecule has 1 aromatic heterocycles. The lowest BCUT2D eigenvalue weighted by molar-refractivity contribution is 0.231. The number of piperazine rings is 1. The fourth-order valence-corrected chi connectivity index (χ4v) is 2.88. The Morgan fingerprint density at radius 1 is 1.25 bits per heavy atom. The predicted octanol–water partition coefficient (Wildman–Crippen LogP) is 2.35. The number of hydrogen-bond donors (Lipinski definition) is 0. The van der Waals surface area contributed by atoms with E-state index < -0.39 is 0 Å². The van der Waals surface area contributed by atoms with E-state index in [1.165, 1.54) is 0 Å². The highest BCUT2D eigenvalue weighted by molar-refractivity contribution is 5.61. The van der Waals surface area contributed by atoms with E-state index in [9.17, 15) is 5.26 Å². The van der Waals surface area contributed by atoms with Crippen molar-refractivity contribution in [2.75, 3.05) is 37.6 Å². The van der Waals surface area contributed by atoms with E-state index in [-0.39, 0.29) is 0 Å². The summed E-state index contributed by atoms with van der Waals surface area (Å²) in [6.07, 6.45) is 0. The zero-order chi connectivity index (χ0) is 14.7. The first-order chi connectivity index (χ1) is 9.51. The Bertz CT molecular complexity index is 508. The molecule has 0 spiro atoms. The highest BCUT2D eigenvalue weighted by atomic mass is 15.3. The van der Waals surface area contributed by atoms with Crippen LogP contribution in [0.2, 0.25) is 0 Å². The molecule has 0 radical (unpaired) electrons. The van der Waals surface area contributed by atoms with E-state index in [0.717, 1.165) is 55.4 Å². The molecule has 20 heavy (non-hydrogen) atoms. The molecule has 4 nitrogen and oxygen atoms in total. The maximum Gasteiger partial charge on any atom is 0.103 e. The van der Waals surface area contributed by atoms with Gasteiger partial charge in [0.25, 0.3) is 0 Å². The minimum absolute atomic E-state index is 0.710. The molecule has 0 aliphatic carbocycles. The Balaban J connectivity index is 2.13. The lowest BCUT2D eigenvalue weighted by Crippen LogP contribution is -2.47. The monoisotopic (exact) mass is 272 g/mol.